The summed E-state index contributed by atoms with van der Waals surface area (Å²) < 4.78 is 0. The van der Waals surface area contributed by atoms with Crippen molar-refractivity contribution in [3.05, 3.63) is 58.1 Å². The summed E-state index contributed by atoms with van der Waals surface area (Å²) in [7, 11) is 0. The molecule has 0 amide bonds. The first kappa shape index (κ1) is 16.2. The third-order valence-corrected chi connectivity index (χ3v) is 4.96. The minimum Gasteiger partial charge on any atom is -0.549 e. The topological polar surface area (TPSA) is 68.8 Å². The molecule has 0 fully saturated rings. The summed E-state index contributed by atoms with van der Waals surface area (Å²) in [5, 5.41) is 12.2. The van der Waals surface area contributed by atoms with Crippen molar-refractivity contribution in [3.8, 4) is 0 Å². The van der Waals surface area contributed by atoms with E-state index in [-0.39, 0.29) is 6.42 Å². The standard InChI is InChI=1S/C16H12Cl2N2O2S/c17-10-5-6-11(18)9(7-10)8-14(15(21)22)23-16-19-12-3-1-2-4-13(12)20-16/h1-7,14H,8H2,(H,19,20)(H,21,22)/p-1/t14-/m1/s1. The number of hydrogen-bond donors (Lipinski definition) is 1. The number of para-hydroxylation sites is 2. The Hall–Kier alpha value is -1.69. The molecule has 0 unspecified atom stereocenters. The summed E-state index contributed by atoms with van der Waals surface area (Å²) in [6.07, 6.45) is 0.198. The first-order chi connectivity index (χ1) is 11.0. The number of aliphatic carboxylic acids is 1. The number of thioether (sulfide) groups is 1. The van der Waals surface area contributed by atoms with Crippen LogP contribution in [0.5, 0.6) is 0 Å². The smallest absolute Gasteiger partial charge is 0.167 e. The number of nitrogens with one attached hydrogen (secondary N) is 1. The third kappa shape index (κ3) is 3.80. The van der Waals surface area contributed by atoms with Gasteiger partial charge in [0, 0.05) is 10.0 Å². The fourth-order valence-corrected chi connectivity index (χ4v) is 3.53. The fraction of sp³-hybridized carbons (Fsp3) is 0.125. The molecule has 1 N–H and O–H groups in total. The van der Waals surface area contributed by atoms with E-state index in [9.17, 15) is 9.90 Å². The van der Waals surface area contributed by atoms with Crippen LogP contribution in [0.3, 0.4) is 0 Å². The molecule has 0 spiro atoms. The van der Waals surface area contributed by atoms with Crippen LogP contribution in [0.2, 0.25) is 10.0 Å². The number of carboxylic acids is 1. The van der Waals surface area contributed by atoms with E-state index >= 15 is 0 Å². The number of carboxylic acid groups (broad SMARTS) is 1. The lowest BCUT2D eigenvalue weighted by atomic mass is 10.1. The van der Waals surface area contributed by atoms with E-state index in [0.717, 1.165) is 22.8 Å². The van der Waals surface area contributed by atoms with E-state index in [2.05, 4.69) is 9.97 Å². The average Bonchev–Trinajstić information content (AvgIpc) is 2.92. The highest BCUT2D eigenvalue weighted by Crippen LogP contribution is 2.29. The predicted octanol–water partition coefficient (Wildman–Crippen LogP) is 3.32. The molecular weight excluding hydrogens is 355 g/mol. The van der Waals surface area contributed by atoms with Crippen LogP contribution in [-0.4, -0.2) is 21.2 Å². The summed E-state index contributed by atoms with van der Waals surface area (Å²) in [5.41, 5.74) is 2.30. The molecular formula is C16H11Cl2N2O2S-. The maximum Gasteiger partial charge on any atom is 0.167 e. The van der Waals surface area contributed by atoms with Gasteiger partial charge >= 0.3 is 0 Å². The summed E-state index contributed by atoms with van der Waals surface area (Å²) in [4.78, 5) is 18.9. The number of fused-ring (bicyclic) bond motifs is 1. The van der Waals surface area contributed by atoms with Gasteiger partial charge in [-0.1, -0.05) is 47.1 Å². The number of benzene rings is 2. The molecule has 0 aliphatic rings. The lowest BCUT2D eigenvalue weighted by molar-refractivity contribution is -0.304. The van der Waals surface area contributed by atoms with Crippen molar-refractivity contribution in [2.24, 2.45) is 0 Å². The second-order valence-corrected chi connectivity index (χ2v) is 6.96. The van der Waals surface area contributed by atoms with Crippen LogP contribution < -0.4 is 5.11 Å². The predicted molar refractivity (Wildman–Crippen MR) is 90.9 cm³/mol. The van der Waals surface area contributed by atoms with E-state index in [4.69, 9.17) is 23.2 Å². The van der Waals surface area contributed by atoms with E-state index in [0.29, 0.717) is 20.8 Å². The minimum atomic E-state index is -1.17. The van der Waals surface area contributed by atoms with E-state index in [1.807, 2.05) is 24.3 Å². The van der Waals surface area contributed by atoms with Gasteiger partial charge < -0.3 is 14.9 Å². The highest BCUT2D eigenvalue weighted by Gasteiger charge is 2.17. The van der Waals surface area contributed by atoms with Gasteiger partial charge in [-0.3, -0.25) is 0 Å². The molecule has 118 valence electrons. The minimum absolute atomic E-state index is 0.198. The molecule has 0 saturated heterocycles. The molecule has 1 heterocycles. The van der Waals surface area contributed by atoms with E-state index in [1.165, 1.54) is 0 Å². The number of aromatic amines is 1. The number of carbonyl (C=O) groups is 1. The van der Waals surface area contributed by atoms with Crippen molar-refractivity contribution in [1.82, 2.24) is 9.97 Å². The van der Waals surface area contributed by atoms with Gasteiger partial charge in [0.15, 0.2) is 5.16 Å². The van der Waals surface area contributed by atoms with Gasteiger partial charge in [-0.2, -0.15) is 0 Å². The zero-order valence-electron chi connectivity index (χ0n) is 11.8. The molecule has 0 radical (unpaired) electrons. The largest absolute Gasteiger partial charge is 0.549 e. The Morgan fingerprint density at radius 1 is 1.26 bits per heavy atom. The van der Waals surface area contributed by atoms with Crippen molar-refractivity contribution >= 4 is 52.0 Å². The van der Waals surface area contributed by atoms with Gasteiger partial charge in [0.1, 0.15) is 0 Å². The van der Waals surface area contributed by atoms with Gasteiger partial charge in [0.05, 0.1) is 22.3 Å². The first-order valence-corrected chi connectivity index (χ1v) is 8.42. The fourth-order valence-electron chi connectivity index (χ4n) is 2.19. The molecule has 3 rings (SSSR count). The molecule has 0 saturated carbocycles. The summed E-state index contributed by atoms with van der Waals surface area (Å²) in [6, 6.07) is 12.5. The second-order valence-electron chi connectivity index (χ2n) is 4.92. The first-order valence-electron chi connectivity index (χ1n) is 6.79. The molecule has 2 aromatic carbocycles. The van der Waals surface area contributed by atoms with Crippen molar-refractivity contribution in [1.29, 1.82) is 0 Å². The Labute approximate surface area is 146 Å². The zero-order valence-corrected chi connectivity index (χ0v) is 14.1. The molecule has 0 aliphatic heterocycles. The van der Waals surface area contributed by atoms with Gasteiger partial charge in [-0.05, 0) is 42.3 Å². The molecule has 1 atom stereocenters. The van der Waals surface area contributed by atoms with Gasteiger partial charge in [-0.15, -0.1) is 0 Å². The van der Waals surface area contributed by atoms with Gasteiger partial charge in [0.2, 0.25) is 0 Å². The van der Waals surface area contributed by atoms with Crippen molar-refractivity contribution in [2.75, 3.05) is 0 Å². The average molecular weight is 366 g/mol. The number of carbonyl (C=O) groups excluding carboxylic acids is 1. The number of aromatic nitrogens is 2. The maximum absolute atomic E-state index is 11.5. The number of H-pyrrole nitrogens is 1. The SMILES string of the molecule is O=C([O-])[C@@H](Cc1cc(Cl)ccc1Cl)Sc1nc2ccccc2[nH]1. The van der Waals surface area contributed by atoms with Gasteiger partial charge in [-0.25, -0.2) is 4.98 Å². The molecule has 0 bridgehead atoms. The molecule has 3 aromatic rings. The second kappa shape index (κ2) is 6.83. The van der Waals surface area contributed by atoms with Crippen molar-refractivity contribution < 1.29 is 9.90 Å². The monoisotopic (exact) mass is 365 g/mol. The summed E-state index contributed by atoms with van der Waals surface area (Å²) in [5.74, 6) is -1.17. The number of rotatable bonds is 5. The normalized spacial score (nSPS) is 12.4. The van der Waals surface area contributed by atoms with Gasteiger partial charge in [0.25, 0.3) is 0 Å². The highest BCUT2D eigenvalue weighted by molar-refractivity contribution is 8.00. The molecule has 0 aliphatic carbocycles. The quantitative estimate of drug-likeness (QED) is 0.704. The van der Waals surface area contributed by atoms with Crippen LogP contribution >= 0.6 is 35.0 Å². The van der Waals surface area contributed by atoms with Crippen molar-refractivity contribution in [2.45, 2.75) is 16.8 Å². The van der Waals surface area contributed by atoms with Crippen LogP contribution in [0.4, 0.5) is 0 Å². The maximum atomic E-state index is 11.5. The number of halogens is 2. The summed E-state index contributed by atoms with van der Waals surface area (Å²) >= 11 is 13.2. The summed E-state index contributed by atoms with van der Waals surface area (Å²) in [6.45, 7) is 0. The molecule has 1 aromatic heterocycles. The van der Waals surface area contributed by atoms with Crippen LogP contribution in [0.25, 0.3) is 11.0 Å². The number of hydrogen-bond acceptors (Lipinski definition) is 4. The highest BCUT2D eigenvalue weighted by atomic mass is 35.5. The van der Waals surface area contributed by atoms with Crippen LogP contribution in [0, 0.1) is 0 Å². The van der Waals surface area contributed by atoms with E-state index < -0.39 is 11.2 Å². The number of nitrogens with zero attached hydrogens (tertiary/aromatic N) is 1. The lowest BCUT2D eigenvalue weighted by Crippen LogP contribution is -2.35. The van der Waals surface area contributed by atoms with E-state index in [1.54, 1.807) is 18.2 Å². The van der Waals surface area contributed by atoms with Crippen LogP contribution in [0.15, 0.2) is 47.6 Å². The Morgan fingerprint density at radius 2 is 2.04 bits per heavy atom. The zero-order chi connectivity index (χ0) is 16.4. The Morgan fingerprint density at radius 3 is 2.78 bits per heavy atom. The molecule has 4 nitrogen and oxygen atoms in total. The molecule has 7 heteroatoms. The number of imidazole rings is 1. The Balaban J connectivity index is 1.84. The van der Waals surface area contributed by atoms with Crippen molar-refractivity contribution in [3.63, 3.8) is 0 Å². The van der Waals surface area contributed by atoms with Crippen LogP contribution in [0.1, 0.15) is 5.56 Å². The Bertz CT molecular complexity index is 833. The lowest BCUT2D eigenvalue weighted by Gasteiger charge is -2.17. The third-order valence-electron chi connectivity index (χ3n) is 3.30. The Kier molecular flexibility index (Phi) is 4.80. The molecule has 23 heavy (non-hydrogen) atoms. The van der Waals surface area contributed by atoms with Crippen LogP contribution in [-0.2, 0) is 11.2 Å².